The molecule has 0 aliphatic carbocycles. The third kappa shape index (κ3) is 36.6. The second-order valence-corrected chi connectivity index (χ2v) is 17.5. The number of nitrogens with zero attached hydrogens (tertiary/aromatic N) is 2. The quantitative estimate of drug-likeness (QED) is 0.0221. The molecule has 69 heavy (non-hydrogen) atoms. The summed E-state index contributed by atoms with van der Waals surface area (Å²) in [6.45, 7) is -2.17. The molecule has 2 N–H and O–H groups in total. The summed E-state index contributed by atoms with van der Waals surface area (Å²) in [6, 6.07) is 8.92. The van der Waals surface area contributed by atoms with Crippen LogP contribution in [0.5, 0.6) is 11.5 Å². The molecule has 0 bridgehead atoms. The normalized spacial score (nSPS) is 12.2. The van der Waals surface area contributed by atoms with E-state index in [0.717, 1.165) is 94.2 Å². The Kier molecular flexibility index (Phi) is 36.5. The van der Waals surface area contributed by atoms with Crippen molar-refractivity contribution in [3.63, 3.8) is 0 Å². The maximum absolute atomic E-state index is 12.4. The van der Waals surface area contributed by atoms with Crippen molar-refractivity contribution >= 4 is 32.2 Å². The Morgan fingerprint density at radius 3 is 1.00 bits per heavy atom. The first kappa shape index (κ1) is 71.3. The number of esters is 1. The molecule has 0 atom stereocenters. The SMILES string of the molecule is O=C(CCCCCCCCCCCN(C(F)(F)F)C(F)(F)F)Oc1ccc(S(=O)(=O)[O-])cc1.O=C(O)CCCCCCCCCCCN(C(F)(F)F)C(F)(F)F.O=S(=O)([O-])c1ccc(O)cc1.[Na+].[Na+]. The number of alkyl halides is 12. The number of aromatic hydroxyl groups is 1. The van der Waals surface area contributed by atoms with Crippen LogP contribution in [0.1, 0.15) is 128 Å². The summed E-state index contributed by atoms with van der Waals surface area (Å²) in [4.78, 5) is 18.5. The van der Waals surface area contributed by atoms with E-state index in [1.54, 1.807) is 0 Å². The van der Waals surface area contributed by atoms with Crippen LogP contribution >= 0.6 is 0 Å². The third-order valence-electron chi connectivity index (χ3n) is 9.23. The minimum atomic E-state index is -5.43. The number of phenols is 1. The number of hydrogen-bond acceptors (Lipinski definition) is 12. The fraction of sp³-hybridized carbons (Fsp3) is 0.650. The summed E-state index contributed by atoms with van der Waals surface area (Å²) in [5.41, 5.74) is 0. The van der Waals surface area contributed by atoms with E-state index in [1.807, 2.05) is 0 Å². The van der Waals surface area contributed by atoms with Gasteiger partial charge in [-0.1, -0.05) is 89.9 Å². The van der Waals surface area contributed by atoms with Gasteiger partial charge in [-0.25, -0.2) is 16.8 Å². The molecule has 0 saturated heterocycles. The number of carboxylic acid groups (broad SMARTS) is 1. The fourth-order valence-corrected chi connectivity index (χ4v) is 6.76. The minimum Gasteiger partial charge on any atom is -0.744 e. The van der Waals surface area contributed by atoms with Gasteiger partial charge < -0.3 is 24.1 Å². The van der Waals surface area contributed by atoms with Gasteiger partial charge in [-0.3, -0.25) is 9.59 Å². The molecule has 2 rings (SSSR count). The van der Waals surface area contributed by atoms with Crippen molar-refractivity contribution in [3.05, 3.63) is 48.5 Å². The van der Waals surface area contributed by atoms with Crippen LogP contribution in [0.4, 0.5) is 52.7 Å². The molecular weight excluding hydrogens is 1020 g/mol. The van der Waals surface area contributed by atoms with Gasteiger partial charge in [0.05, 0.1) is 9.79 Å². The monoisotopic (exact) mass is 1080 g/mol. The second kappa shape index (κ2) is 35.3. The number of benzene rings is 2. The molecule has 0 fully saturated rings. The summed E-state index contributed by atoms with van der Waals surface area (Å²) in [5, 5.41) is 17.2. The molecule has 0 heterocycles. The number of halogens is 12. The van der Waals surface area contributed by atoms with Crippen molar-refractivity contribution in [2.24, 2.45) is 0 Å². The van der Waals surface area contributed by atoms with E-state index in [2.05, 4.69) is 0 Å². The number of unbranched alkanes of at least 4 members (excludes halogenated alkanes) is 16. The molecule has 0 unspecified atom stereocenters. The van der Waals surface area contributed by atoms with Gasteiger partial charge in [-0.2, -0.15) is 52.7 Å². The predicted molar refractivity (Wildman–Crippen MR) is 214 cm³/mol. The van der Waals surface area contributed by atoms with Crippen molar-refractivity contribution < 1.29 is 162 Å². The van der Waals surface area contributed by atoms with Crippen LogP contribution in [0.2, 0.25) is 0 Å². The van der Waals surface area contributed by atoms with Crippen LogP contribution in [0.25, 0.3) is 0 Å². The number of hydrogen-bond donors (Lipinski definition) is 2. The standard InChI is InChI=1S/C20H27F6NO5S.C14H23F6NO2.C6H6O4S.2Na/c21-19(22,23)27(20(24,25)26)15-9-7-5-3-1-2-4-6-8-10-18(28)32-16-11-13-17(14-12-16)33(29,30)31;15-13(16,17)21(14(18,19)20)11-9-7-5-3-1-2-4-6-8-10-12(22)23;7-5-1-3-6(4-2-5)11(8,9)10;;/h11-14H,1-10,15H2,(H,29,30,31);1-11H2,(H,22,23);1-4,7H,(H,8,9,10);;/q;;;2*+1/p-2. The number of phenolic OH excluding ortho intramolecular Hbond substituents is 1. The second-order valence-electron chi connectivity index (χ2n) is 14.8. The van der Waals surface area contributed by atoms with Gasteiger partial charge in [0.15, 0.2) is 0 Å². The molecule has 29 heteroatoms. The van der Waals surface area contributed by atoms with Gasteiger partial charge in [-0.05, 0) is 74.2 Å². The molecule has 0 aliphatic heterocycles. The van der Waals surface area contributed by atoms with E-state index in [4.69, 9.17) is 14.9 Å². The van der Waals surface area contributed by atoms with Gasteiger partial charge in [0.25, 0.3) is 0 Å². The minimum absolute atomic E-state index is 0. The Labute approximate surface area is 437 Å². The topological polar surface area (TPSA) is 205 Å². The molecule has 0 saturated carbocycles. The van der Waals surface area contributed by atoms with Crippen molar-refractivity contribution in [2.75, 3.05) is 13.1 Å². The molecule has 13 nitrogen and oxygen atoms in total. The van der Waals surface area contributed by atoms with Gasteiger partial charge in [0, 0.05) is 25.9 Å². The number of ether oxygens (including phenoxy) is 1. The number of aliphatic carboxylic acids is 1. The Bertz CT molecular complexity index is 1900. The van der Waals surface area contributed by atoms with Crippen molar-refractivity contribution in [1.82, 2.24) is 9.80 Å². The van der Waals surface area contributed by atoms with Crippen LogP contribution in [0, 0.1) is 0 Å². The average molecular weight is 1080 g/mol. The fourth-order valence-electron chi connectivity index (χ4n) is 5.82. The van der Waals surface area contributed by atoms with Crippen LogP contribution in [0.3, 0.4) is 0 Å². The van der Waals surface area contributed by atoms with Gasteiger partial charge in [0.2, 0.25) is 0 Å². The number of rotatable bonds is 27. The molecule has 2 aromatic rings. The Morgan fingerprint density at radius 2 is 0.725 bits per heavy atom. The maximum atomic E-state index is 12.4. The van der Waals surface area contributed by atoms with E-state index in [-0.39, 0.29) is 108 Å². The molecule has 388 valence electrons. The average Bonchev–Trinajstić information content (AvgIpc) is 3.17. The van der Waals surface area contributed by atoms with Crippen molar-refractivity contribution in [1.29, 1.82) is 0 Å². The van der Waals surface area contributed by atoms with Crippen LogP contribution in [0.15, 0.2) is 58.3 Å². The molecule has 0 aromatic heterocycles. The number of carbonyl (C=O) groups excluding carboxylic acids is 1. The summed E-state index contributed by atoms with van der Waals surface area (Å²) in [7, 11) is -8.95. The van der Waals surface area contributed by atoms with Crippen LogP contribution < -0.4 is 63.9 Å². The van der Waals surface area contributed by atoms with E-state index < -0.39 is 85.2 Å². The van der Waals surface area contributed by atoms with Gasteiger partial charge in [0.1, 0.15) is 31.7 Å². The molecular formula is C40H54F12N2Na2O11S2. The summed E-state index contributed by atoms with van der Waals surface area (Å²) in [6.07, 6.45) is -10.7. The van der Waals surface area contributed by atoms with Gasteiger partial charge >= 0.3 is 96.3 Å². The predicted octanol–water partition coefficient (Wildman–Crippen LogP) is 5.36. The van der Waals surface area contributed by atoms with Crippen molar-refractivity contribution in [3.8, 4) is 11.5 Å². The summed E-state index contributed by atoms with van der Waals surface area (Å²) in [5.74, 6) is -1.27. The summed E-state index contributed by atoms with van der Waals surface area (Å²) >= 11 is 0. The maximum Gasteiger partial charge on any atom is 1.00 e. The first-order valence-corrected chi connectivity index (χ1v) is 23.6. The van der Waals surface area contributed by atoms with Gasteiger partial charge in [-0.15, -0.1) is 9.80 Å². The summed E-state index contributed by atoms with van der Waals surface area (Å²) < 4.78 is 216. The molecule has 0 aliphatic rings. The molecule has 0 spiro atoms. The third-order valence-corrected chi connectivity index (χ3v) is 10.9. The number of carboxylic acids is 1. The zero-order valence-electron chi connectivity index (χ0n) is 38.0. The van der Waals surface area contributed by atoms with E-state index in [9.17, 15) is 88.2 Å². The molecule has 0 amide bonds. The van der Waals surface area contributed by atoms with Crippen LogP contribution in [-0.4, -0.2) is 96.2 Å². The van der Waals surface area contributed by atoms with E-state index in [0.29, 0.717) is 38.5 Å². The van der Waals surface area contributed by atoms with Crippen molar-refractivity contribution in [2.45, 2.75) is 163 Å². The molecule has 0 radical (unpaired) electrons. The number of carbonyl (C=O) groups is 2. The Morgan fingerprint density at radius 1 is 0.464 bits per heavy atom. The zero-order valence-corrected chi connectivity index (χ0v) is 43.6. The first-order valence-electron chi connectivity index (χ1n) is 20.8. The smallest absolute Gasteiger partial charge is 0.744 e. The first-order chi connectivity index (χ1) is 30.8. The van der Waals surface area contributed by atoms with Crippen LogP contribution in [-0.2, 0) is 29.8 Å². The molecule has 2 aromatic carbocycles. The van der Waals surface area contributed by atoms with E-state index >= 15 is 0 Å². The zero-order chi connectivity index (χ0) is 51.5. The van der Waals surface area contributed by atoms with E-state index in [1.165, 1.54) is 12.1 Å². The largest absolute Gasteiger partial charge is 1.00 e. The Balaban J connectivity index is -0.00000105. The Hall–Kier alpha value is -1.92.